The number of nitrogen functional groups attached to an aromatic ring is 1. The molecule has 0 aliphatic rings. The van der Waals surface area contributed by atoms with Gasteiger partial charge in [-0.2, -0.15) is 0 Å². The van der Waals surface area contributed by atoms with Crippen LogP contribution in [-0.4, -0.2) is 4.98 Å². The standard InChI is InChI=1S/C14H14Cl2N2S/c1-8-4-3-5-12(13(8)17)19-7-10-11(15)6-9(2)18-14(10)16/h3-6H,7,17H2,1-2H3. The second-order valence-corrected chi connectivity index (χ2v) is 6.07. The van der Waals surface area contributed by atoms with E-state index in [1.54, 1.807) is 11.8 Å². The zero-order valence-corrected chi connectivity index (χ0v) is 13.0. The number of nitrogens with two attached hydrogens (primary N) is 1. The van der Waals surface area contributed by atoms with Gasteiger partial charge >= 0.3 is 0 Å². The number of benzene rings is 1. The second kappa shape index (κ2) is 6.04. The summed E-state index contributed by atoms with van der Waals surface area (Å²) in [5, 5.41) is 1.11. The van der Waals surface area contributed by atoms with Crippen molar-refractivity contribution in [2.75, 3.05) is 5.73 Å². The summed E-state index contributed by atoms with van der Waals surface area (Å²) in [5.41, 5.74) is 9.59. The Morgan fingerprint density at radius 2 is 2.00 bits per heavy atom. The highest BCUT2D eigenvalue weighted by molar-refractivity contribution is 7.98. The molecule has 0 aliphatic heterocycles. The maximum absolute atomic E-state index is 6.20. The molecule has 1 heterocycles. The van der Waals surface area contributed by atoms with Crippen LogP contribution in [0.5, 0.6) is 0 Å². The Kier molecular flexibility index (Phi) is 4.61. The number of rotatable bonds is 3. The Morgan fingerprint density at radius 1 is 1.26 bits per heavy atom. The number of hydrogen-bond donors (Lipinski definition) is 1. The number of pyridine rings is 1. The summed E-state index contributed by atoms with van der Waals surface area (Å²) >= 11 is 13.9. The zero-order chi connectivity index (χ0) is 14.0. The van der Waals surface area contributed by atoms with E-state index in [-0.39, 0.29) is 0 Å². The van der Waals surface area contributed by atoms with E-state index in [0.717, 1.165) is 27.4 Å². The molecule has 0 spiro atoms. The molecule has 5 heteroatoms. The molecule has 0 aliphatic carbocycles. The SMILES string of the molecule is Cc1cc(Cl)c(CSc2cccc(C)c2N)c(Cl)n1. The lowest BCUT2D eigenvalue weighted by Gasteiger charge is -2.10. The predicted octanol–water partition coefficient (Wildman–Crippen LogP) is 4.88. The largest absolute Gasteiger partial charge is 0.398 e. The molecule has 1 aromatic carbocycles. The van der Waals surface area contributed by atoms with Gasteiger partial charge < -0.3 is 5.73 Å². The Morgan fingerprint density at radius 3 is 2.68 bits per heavy atom. The molecule has 0 saturated heterocycles. The van der Waals surface area contributed by atoms with Crippen molar-refractivity contribution in [1.82, 2.24) is 4.98 Å². The van der Waals surface area contributed by atoms with Gasteiger partial charge in [-0.1, -0.05) is 35.3 Å². The predicted molar refractivity (Wildman–Crippen MR) is 84.1 cm³/mol. The smallest absolute Gasteiger partial charge is 0.134 e. The number of halogens is 2. The molecule has 0 unspecified atom stereocenters. The molecule has 0 fully saturated rings. The molecule has 2 rings (SSSR count). The molecule has 0 bridgehead atoms. The van der Waals surface area contributed by atoms with E-state index in [1.165, 1.54) is 0 Å². The molecule has 2 nitrogen and oxygen atoms in total. The number of hydrogen-bond acceptors (Lipinski definition) is 3. The van der Waals surface area contributed by atoms with Gasteiger partial charge in [0.05, 0.1) is 0 Å². The molecule has 100 valence electrons. The van der Waals surface area contributed by atoms with Crippen molar-refractivity contribution >= 4 is 40.7 Å². The van der Waals surface area contributed by atoms with Gasteiger partial charge in [0.1, 0.15) is 5.15 Å². The van der Waals surface area contributed by atoms with Crippen LogP contribution in [0.2, 0.25) is 10.2 Å². The quantitative estimate of drug-likeness (QED) is 0.498. The molecule has 0 amide bonds. The first-order valence-electron chi connectivity index (χ1n) is 5.78. The van der Waals surface area contributed by atoms with Crippen molar-refractivity contribution < 1.29 is 0 Å². The highest BCUT2D eigenvalue weighted by atomic mass is 35.5. The summed E-state index contributed by atoms with van der Waals surface area (Å²) in [4.78, 5) is 5.26. The molecular formula is C14H14Cl2N2S. The van der Waals surface area contributed by atoms with Gasteiger partial charge in [0, 0.05) is 32.6 Å². The van der Waals surface area contributed by atoms with Crippen LogP contribution in [0.3, 0.4) is 0 Å². The molecule has 0 saturated carbocycles. The average molecular weight is 313 g/mol. The monoisotopic (exact) mass is 312 g/mol. The average Bonchev–Trinajstić information content (AvgIpc) is 2.33. The minimum atomic E-state index is 0.462. The highest BCUT2D eigenvalue weighted by Crippen LogP contribution is 2.34. The van der Waals surface area contributed by atoms with Gasteiger partial charge in [0.15, 0.2) is 0 Å². The van der Waals surface area contributed by atoms with Crippen molar-refractivity contribution in [3.63, 3.8) is 0 Å². The van der Waals surface area contributed by atoms with E-state index >= 15 is 0 Å². The third kappa shape index (κ3) is 3.35. The van der Waals surface area contributed by atoms with Crippen LogP contribution in [0.25, 0.3) is 0 Å². The van der Waals surface area contributed by atoms with Crippen LogP contribution in [0.15, 0.2) is 29.2 Å². The van der Waals surface area contributed by atoms with Crippen LogP contribution in [0.4, 0.5) is 5.69 Å². The fourth-order valence-electron chi connectivity index (χ4n) is 1.68. The number of aromatic nitrogens is 1. The first-order valence-corrected chi connectivity index (χ1v) is 7.52. The summed E-state index contributed by atoms with van der Waals surface area (Å²) < 4.78 is 0. The van der Waals surface area contributed by atoms with E-state index < -0.39 is 0 Å². The van der Waals surface area contributed by atoms with E-state index in [2.05, 4.69) is 4.98 Å². The number of thioether (sulfide) groups is 1. The lowest BCUT2D eigenvalue weighted by atomic mass is 10.2. The zero-order valence-electron chi connectivity index (χ0n) is 10.7. The van der Waals surface area contributed by atoms with Gasteiger partial charge in [-0.05, 0) is 31.5 Å². The molecule has 0 radical (unpaired) electrons. The third-order valence-electron chi connectivity index (χ3n) is 2.80. The Balaban J connectivity index is 2.22. The van der Waals surface area contributed by atoms with Crippen molar-refractivity contribution in [2.24, 2.45) is 0 Å². The first-order chi connectivity index (χ1) is 8.99. The van der Waals surface area contributed by atoms with Crippen molar-refractivity contribution in [1.29, 1.82) is 0 Å². The summed E-state index contributed by atoms with van der Waals surface area (Å²) in [6, 6.07) is 7.80. The Bertz CT molecular complexity index is 591. The number of para-hydroxylation sites is 1. The molecule has 0 atom stereocenters. The molecule has 1 aromatic heterocycles. The van der Waals surface area contributed by atoms with Gasteiger partial charge in [0.25, 0.3) is 0 Å². The van der Waals surface area contributed by atoms with Crippen molar-refractivity contribution in [3.05, 3.63) is 51.3 Å². The van der Waals surface area contributed by atoms with Gasteiger partial charge in [-0.15, -0.1) is 11.8 Å². The van der Waals surface area contributed by atoms with Crippen LogP contribution >= 0.6 is 35.0 Å². The molecular weight excluding hydrogens is 299 g/mol. The van der Waals surface area contributed by atoms with Crippen LogP contribution in [-0.2, 0) is 5.75 Å². The number of anilines is 1. The molecule has 2 N–H and O–H groups in total. The first kappa shape index (κ1) is 14.5. The van der Waals surface area contributed by atoms with Crippen LogP contribution < -0.4 is 5.73 Å². The second-order valence-electron chi connectivity index (χ2n) is 4.29. The van der Waals surface area contributed by atoms with E-state index in [0.29, 0.717) is 15.9 Å². The summed E-state index contributed by atoms with van der Waals surface area (Å²) in [6.07, 6.45) is 0. The lowest BCUT2D eigenvalue weighted by molar-refractivity contribution is 1.16. The fourth-order valence-corrected chi connectivity index (χ4v) is 3.59. The summed E-state index contributed by atoms with van der Waals surface area (Å²) in [6.45, 7) is 3.86. The number of aryl methyl sites for hydroxylation is 2. The summed E-state index contributed by atoms with van der Waals surface area (Å²) in [5.74, 6) is 0.651. The van der Waals surface area contributed by atoms with Crippen LogP contribution in [0, 0.1) is 13.8 Å². The van der Waals surface area contributed by atoms with Gasteiger partial charge in [-0.3, -0.25) is 0 Å². The minimum absolute atomic E-state index is 0.462. The highest BCUT2D eigenvalue weighted by Gasteiger charge is 2.10. The fraction of sp³-hybridized carbons (Fsp3) is 0.214. The molecule has 19 heavy (non-hydrogen) atoms. The Hall–Kier alpha value is -0.900. The number of nitrogens with zero attached hydrogens (tertiary/aromatic N) is 1. The van der Waals surface area contributed by atoms with Crippen LogP contribution in [0.1, 0.15) is 16.8 Å². The normalized spacial score (nSPS) is 10.7. The van der Waals surface area contributed by atoms with Crippen molar-refractivity contribution in [3.8, 4) is 0 Å². The maximum atomic E-state index is 6.20. The van der Waals surface area contributed by atoms with Crippen molar-refractivity contribution in [2.45, 2.75) is 24.5 Å². The minimum Gasteiger partial charge on any atom is -0.398 e. The topological polar surface area (TPSA) is 38.9 Å². The van der Waals surface area contributed by atoms with E-state index in [4.69, 9.17) is 28.9 Å². The van der Waals surface area contributed by atoms with E-state index in [1.807, 2.05) is 38.1 Å². The summed E-state index contributed by atoms with van der Waals surface area (Å²) in [7, 11) is 0. The van der Waals surface area contributed by atoms with Gasteiger partial charge in [-0.25, -0.2) is 4.98 Å². The maximum Gasteiger partial charge on any atom is 0.134 e. The Labute approximate surface area is 127 Å². The molecule has 2 aromatic rings. The lowest BCUT2D eigenvalue weighted by Crippen LogP contribution is -1.94. The van der Waals surface area contributed by atoms with Gasteiger partial charge in [0.2, 0.25) is 0 Å². The third-order valence-corrected chi connectivity index (χ3v) is 4.55. The van der Waals surface area contributed by atoms with E-state index in [9.17, 15) is 0 Å².